The Morgan fingerprint density at radius 1 is 1.23 bits per heavy atom. The molecule has 0 heterocycles. The van der Waals surface area contributed by atoms with Gasteiger partial charge in [0.05, 0.1) is 23.2 Å². The summed E-state index contributed by atoms with van der Waals surface area (Å²) in [6, 6.07) is 5.61. The van der Waals surface area contributed by atoms with E-state index in [-0.39, 0.29) is 11.3 Å². The summed E-state index contributed by atoms with van der Waals surface area (Å²) in [7, 11) is 1.36. The number of nitro benzene ring substituents is 1. The third kappa shape index (κ3) is 4.12. The van der Waals surface area contributed by atoms with Crippen molar-refractivity contribution in [3.63, 3.8) is 0 Å². The van der Waals surface area contributed by atoms with E-state index in [4.69, 9.17) is 4.74 Å². The van der Waals surface area contributed by atoms with Crippen molar-refractivity contribution in [2.45, 2.75) is 6.18 Å². The van der Waals surface area contributed by atoms with E-state index in [1.54, 1.807) is 0 Å². The van der Waals surface area contributed by atoms with Crippen LogP contribution in [-0.2, 0) is 6.18 Å². The first-order chi connectivity index (χ1) is 12.1. The molecule has 0 unspecified atom stereocenters. The van der Waals surface area contributed by atoms with E-state index >= 15 is 0 Å². The van der Waals surface area contributed by atoms with Gasteiger partial charge in [-0.05, 0) is 24.3 Å². The van der Waals surface area contributed by atoms with Crippen LogP contribution < -0.4 is 15.6 Å². The van der Waals surface area contributed by atoms with Crippen molar-refractivity contribution in [3.8, 4) is 11.5 Å². The van der Waals surface area contributed by atoms with Crippen molar-refractivity contribution < 1.29 is 32.7 Å². The summed E-state index contributed by atoms with van der Waals surface area (Å²) in [6.07, 6.45) is -4.75. The Labute approximate surface area is 144 Å². The molecule has 138 valence electrons. The van der Waals surface area contributed by atoms with Crippen LogP contribution in [0.3, 0.4) is 0 Å². The largest absolute Gasteiger partial charge is 0.507 e. The zero-order valence-electron chi connectivity index (χ0n) is 13.1. The molecule has 0 saturated carbocycles. The molecule has 3 N–H and O–H groups in total. The fraction of sp³-hybridized carbons (Fsp3) is 0.133. The average Bonchev–Trinajstić information content (AvgIpc) is 2.58. The van der Waals surface area contributed by atoms with Crippen molar-refractivity contribution in [2.24, 2.45) is 0 Å². The van der Waals surface area contributed by atoms with Gasteiger partial charge in [-0.3, -0.25) is 25.8 Å². The number of aromatic hydroxyl groups is 1. The van der Waals surface area contributed by atoms with Gasteiger partial charge in [-0.25, -0.2) is 0 Å². The topological polar surface area (TPSA) is 114 Å². The number of phenolic OH excluding ortho intramolecular Hbond substituents is 1. The molecule has 0 spiro atoms. The molecule has 0 aliphatic heterocycles. The number of nitro groups is 1. The highest BCUT2D eigenvalue weighted by Gasteiger charge is 2.33. The maximum atomic E-state index is 12.7. The molecule has 1 amide bonds. The van der Waals surface area contributed by atoms with Gasteiger partial charge in [0.25, 0.3) is 11.6 Å². The van der Waals surface area contributed by atoms with Gasteiger partial charge in [0, 0.05) is 12.1 Å². The summed E-state index contributed by atoms with van der Waals surface area (Å²) < 4.78 is 42.8. The normalized spacial score (nSPS) is 10.9. The molecule has 0 saturated heterocycles. The van der Waals surface area contributed by atoms with Gasteiger partial charge < -0.3 is 9.84 Å². The summed E-state index contributed by atoms with van der Waals surface area (Å²) >= 11 is 0. The van der Waals surface area contributed by atoms with Crippen LogP contribution in [0.1, 0.15) is 15.9 Å². The Morgan fingerprint density at radius 3 is 2.46 bits per heavy atom. The molecule has 2 aromatic rings. The van der Waals surface area contributed by atoms with E-state index in [9.17, 15) is 33.2 Å². The molecular formula is C15H12F3N3O5. The molecule has 11 heteroatoms. The molecule has 2 rings (SSSR count). The molecule has 8 nitrogen and oxygen atoms in total. The zero-order valence-corrected chi connectivity index (χ0v) is 13.1. The first kappa shape index (κ1) is 18.8. The lowest BCUT2D eigenvalue weighted by Crippen LogP contribution is -2.29. The lowest BCUT2D eigenvalue weighted by molar-refractivity contribution is -0.384. The van der Waals surface area contributed by atoms with Crippen LogP contribution in [0.2, 0.25) is 0 Å². The van der Waals surface area contributed by atoms with Crippen molar-refractivity contribution >= 4 is 17.3 Å². The Morgan fingerprint density at radius 2 is 1.92 bits per heavy atom. The van der Waals surface area contributed by atoms with Crippen molar-refractivity contribution in [1.82, 2.24) is 5.43 Å². The van der Waals surface area contributed by atoms with Crippen LogP contribution in [0.15, 0.2) is 36.4 Å². The lowest BCUT2D eigenvalue weighted by atomic mass is 10.1. The Kier molecular flexibility index (Phi) is 5.19. The van der Waals surface area contributed by atoms with E-state index in [0.29, 0.717) is 17.9 Å². The fourth-order valence-electron chi connectivity index (χ4n) is 1.99. The van der Waals surface area contributed by atoms with Crippen LogP contribution in [-0.4, -0.2) is 23.0 Å². The second-order valence-electron chi connectivity index (χ2n) is 4.95. The summed E-state index contributed by atoms with van der Waals surface area (Å²) in [5.74, 6) is -0.977. The second kappa shape index (κ2) is 7.17. The number of nitrogens with one attached hydrogen (secondary N) is 2. The minimum Gasteiger partial charge on any atom is -0.507 e. The third-order valence-corrected chi connectivity index (χ3v) is 3.28. The van der Waals surface area contributed by atoms with E-state index in [1.807, 2.05) is 0 Å². The van der Waals surface area contributed by atoms with Gasteiger partial charge in [0.2, 0.25) is 0 Å². The van der Waals surface area contributed by atoms with Gasteiger partial charge in [0.15, 0.2) is 0 Å². The van der Waals surface area contributed by atoms with E-state index in [2.05, 4.69) is 10.9 Å². The second-order valence-corrected chi connectivity index (χ2v) is 4.95. The van der Waals surface area contributed by atoms with Crippen LogP contribution in [0.5, 0.6) is 11.5 Å². The number of alkyl halides is 3. The summed E-state index contributed by atoms with van der Waals surface area (Å²) in [5, 5.41) is 20.7. The van der Waals surface area contributed by atoms with Gasteiger partial charge in [-0.15, -0.1) is 0 Å². The van der Waals surface area contributed by atoms with Crippen LogP contribution in [0.25, 0.3) is 0 Å². The number of benzene rings is 2. The van der Waals surface area contributed by atoms with Crippen LogP contribution in [0.4, 0.5) is 24.5 Å². The number of phenols is 1. The molecule has 0 bridgehead atoms. The van der Waals surface area contributed by atoms with E-state index < -0.39 is 34.0 Å². The van der Waals surface area contributed by atoms with Crippen molar-refractivity contribution in [1.29, 1.82) is 0 Å². The number of rotatable bonds is 5. The smallest absolute Gasteiger partial charge is 0.416 e. The Bertz CT molecular complexity index is 855. The zero-order chi connectivity index (χ0) is 19.5. The predicted molar refractivity (Wildman–Crippen MR) is 83.8 cm³/mol. The number of ether oxygens (including phenoxy) is 1. The third-order valence-electron chi connectivity index (χ3n) is 3.28. The maximum absolute atomic E-state index is 12.7. The molecule has 0 atom stereocenters. The molecule has 0 fully saturated rings. The van der Waals surface area contributed by atoms with Gasteiger partial charge in [0.1, 0.15) is 17.2 Å². The van der Waals surface area contributed by atoms with Crippen LogP contribution >= 0.6 is 0 Å². The molecule has 0 aromatic heterocycles. The SMILES string of the molecule is COc1ccc(C(=O)NNc2ccc(C(F)(F)F)cc2[N+](=O)[O-])c(O)c1. The fourth-order valence-corrected chi connectivity index (χ4v) is 1.99. The highest BCUT2D eigenvalue weighted by molar-refractivity contribution is 5.97. The number of nitrogens with zero attached hydrogens (tertiary/aromatic N) is 1. The maximum Gasteiger partial charge on any atom is 0.416 e. The first-order valence-electron chi connectivity index (χ1n) is 6.92. The number of methoxy groups -OCH3 is 1. The number of amides is 1. The predicted octanol–water partition coefficient (Wildman–Crippen LogP) is 3.08. The number of hydrogen-bond acceptors (Lipinski definition) is 6. The number of carbonyl (C=O) groups is 1. The molecule has 0 radical (unpaired) electrons. The number of halogens is 3. The summed E-state index contributed by atoms with van der Waals surface area (Å²) in [6.45, 7) is 0. The van der Waals surface area contributed by atoms with Crippen molar-refractivity contribution in [2.75, 3.05) is 12.5 Å². The van der Waals surface area contributed by atoms with E-state index in [0.717, 1.165) is 6.07 Å². The standard InChI is InChI=1S/C15H12F3N3O5/c1-26-9-3-4-10(13(22)7-9)14(23)20-19-11-5-2-8(15(16,17)18)6-12(11)21(24)25/h2-7,19,22H,1H3,(H,20,23). The molecule has 2 aromatic carbocycles. The van der Waals surface area contributed by atoms with Crippen LogP contribution in [0, 0.1) is 10.1 Å². The number of hydrogen-bond donors (Lipinski definition) is 3. The van der Waals surface area contributed by atoms with Crippen molar-refractivity contribution in [3.05, 3.63) is 57.6 Å². The average molecular weight is 371 g/mol. The summed E-state index contributed by atoms with van der Waals surface area (Å²) in [5.41, 5.74) is 1.64. The van der Waals surface area contributed by atoms with Gasteiger partial charge in [-0.2, -0.15) is 13.2 Å². The minimum absolute atomic E-state index is 0.173. The van der Waals surface area contributed by atoms with E-state index in [1.165, 1.54) is 25.3 Å². The number of anilines is 1. The Balaban J connectivity index is 2.21. The van der Waals surface area contributed by atoms with Gasteiger partial charge >= 0.3 is 6.18 Å². The highest BCUT2D eigenvalue weighted by Crippen LogP contribution is 2.34. The Hall–Kier alpha value is -3.50. The van der Waals surface area contributed by atoms with Gasteiger partial charge in [-0.1, -0.05) is 0 Å². The minimum atomic E-state index is -4.75. The highest BCUT2D eigenvalue weighted by atomic mass is 19.4. The molecule has 0 aliphatic rings. The molecule has 0 aliphatic carbocycles. The monoisotopic (exact) mass is 371 g/mol. The molecular weight excluding hydrogens is 359 g/mol. The lowest BCUT2D eigenvalue weighted by Gasteiger charge is -2.12. The number of hydrazine groups is 1. The quantitative estimate of drug-likeness (QED) is 0.550. The first-order valence-corrected chi connectivity index (χ1v) is 6.92. The molecule has 26 heavy (non-hydrogen) atoms. The number of carbonyl (C=O) groups excluding carboxylic acids is 1. The summed E-state index contributed by atoms with van der Waals surface area (Å²) in [4.78, 5) is 22.0.